The van der Waals surface area contributed by atoms with E-state index in [-0.39, 0.29) is 5.69 Å². The lowest BCUT2D eigenvalue weighted by atomic mass is 10.1. The molecule has 0 bridgehead atoms. The number of nitrogens with two attached hydrogens (primary N) is 1. The van der Waals surface area contributed by atoms with Crippen molar-refractivity contribution >= 4 is 69.3 Å². The molecule has 0 heterocycles. The second-order valence-electron chi connectivity index (χ2n) is 7.97. The van der Waals surface area contributed by atoms with Crippen LogP contribution in [0.2, 0.25) is 0 Å². The number of nitrogen functional groups attached to an aromatic ring is 1. The van der Waals surface area contributed by atoms with Gasteiger partial charge in [0.2, 0.25) is 0 Å². The second-order valence-corrected chi connectivity index (χ2v) is 13.6. The fourth-order valence-corrected chi connectivity index (χ4v) is 5.56. The molecule has 17 nitrogen and oxygen atoms in total. The number of benzene rings is 3. The van der Waals surface area contributed by atoms with Crippen molar-refractivity contribution in [2.75, 3.05) is 16.4 Å². The van der Waals surface area contributed by atoms with Gasteiger partial charge in [-0.1, -0.05) is 0 Å². The summed E-state index contributed by atoms with van der Waals surface area (Å²) in [5.41, 5.74) is 2.96. The zero-order chi connectivity index (χ0) is 31.1. The van der Waals surface area contributed by atoms with Gasteiger partial charge in [0.15, 0.2) is 0 Å². The Morgan fingerprint density at radius 3 is 1.17 bits per heavy atom. The van der Waals surface area contributed by atoms with Crippen molar-refractivity contribution in [1.82, 2.24) is 0 Å². The number of carbonyl (C=O) groups is 2. The summed E-state index contributed by atoms with van der Waals surface area (Å²) < 4.78 is 130. The van der Waals surface area contributed by atoms with Crippen LogP contribution in [0.3, 0.4) is 0 Å². The summed E-state index contributed by atoms with van der Waals surface area (Å²) in [7, 11) is -19.8. The van der Waals surface area contributed by atoms with E-state index in [9.17, 15) is 61.5 Å². The van der Waals surface area contributed by atoms with Gasteiger partial charge in [0, 0.05) is 16.8 Å². The molecule has 3 rings (SSSR count). The molecular weight excluding hydrogens is 634 g/mol. The van der Waals surface area contributed by atoms with Crippen molar-refractivity contribution in [3.05, 3.63) is 65.7 Å². The van der Waals surface area contributed by atoms with E-state index in [2.05, 4.69) is 0 Å². The third kappa shape index (κ3) is 7.62. The Kier molecular flexibility index (Phi) is 8.31. The van der Waals surface area contributed by atoms with Crippen molar-refractivity contribution in [3.8, 4) is 0 Å². The SMILES string of the molecule is Nc1cc(C(=O)Nc2cc(S(=O)(=O)O)ccc2S(=O)(=O)O)cc(C(=O)Nc2cc(S(=O)(=O)O)ccc2S(=O)(=O)O)c1. The molecule has 0 aliphatic carbocycles. The van der Waals surface area contributed by atoms with Crippen molar-refractivity contribution in [2.24, 2.45) is 0 Å². The van der Waals surface area contributed by atoms with Crippen LogP contribution in [0.25, 0.3) is 0 Å². The van der Waals surface area contributed by atoms with Crippen LogP contribution in [0.15, 0.2) is 74.2 Å². The Morgan fingerprint density at radius 2 is 0.878 bits per heavy atom. The molecule has 21 heteroatoms. The lowest BCUT2D eigenvalue weighted by molar-refractivity contribution is 0.102. The fourth-order valence-electron chi connectivity index (χ4n) is 3.29. The molecule has 3 aromatic carbocycles. The molecule has 0 atom stereocenters. The minimum Gasteiger partial charge on any atom is -0.399 e. The number of hydrogen-bond donors (Lipinski definition) is 7. The van der Waals surface area contributed by atoms with Crippen molar-refractivity contribution in [3.63, 3.8) is 0 Å². The maximum Gasteiger partial charge on any atom is 0.296 e. The lowest BCUT2D eigenvalue weighted by Crippen LogP contribution is -2.19. The largest absolute Gasteiger partial charge is 0.399 e. The van der Waals surface area contributed by atoms with E-state index in [1.165, 1.54) is 0 Å². The Morgan fingerprint density at radius 1 is 0.537 bits per heavy atom. The van der Waals surface area contributed by atoms with Crippen LogP contribution in [-0.4, -0.2) is 63.7 Å². The van der Waals surface area contributed by atoms with Crippen molar-refractivity contribution < 1.29 is 61.5 Å². The van der Waals surface area contributed by atoms with Gasteiger partial charge in [0.1, 0.15) is 9.79 Å². The van der Waals surface area contributed by atoms with Crippen LogP contribution >= 0.6 is 0 Å². The van der Waals surface area contributed by atoms with Gasteiger partial charge in [-0.25, -0.2) is 0 Å². The topological polar surface area (TPSA) is 302 Å². The van der Waals surface area contributed by atoms with E-state index in [0.29, 0.717) is 36.4 Å². The van der Waals surface area contributed by atoms with Gasteiger partial charge in [-0.15, -0.1) is 0 Å². The van der Waals surface area contributed by atoms with Crippen LogP contribution < -0.4 is 16.4 Å². The normalized spacial score (nSPS) is 12.5. The van der Waals surface area contributed by atoms with Gasteiger partial charge < -0.3 is 16.4 Å². The number of hydrogen-bond acceptors (Lipinski definition) is 11. The maximum atomic E-state index is 12.9. The first-order valence-corrected chi connectivity index (χ1v) is 16.0. The number of anilines is 3. The monoisotopic (exact) mass is 651 g/mol. The first kappa shape index (κ1) is 31.6. The molecule has 0 unspecified atom stereocenters. The molecule has 0 fully saturated rings. The molecule has 0 saturated heterocycles. The standard InChI is InChI=1S/C20H17N3O14S4/c21-12-6-10(19(24)22-15-8-13(38(26,27)28)1-3-17(15)40(32,33)34)5-11(7-12)20(25)23-16-9-14(39(29,30)31)2-4-18(16)41(35,36)37/h1-9H,21H2,(H,22,24)(H,23,25)(H,26,27,28)(H,29,30,31)(H,32,33,34)(H,35,36,37). The van der Waals surface area contributed by atoms with E-state index >= 15 is 0 Å². The Bertz CT molecular complexity index is 1900. The van der Waals surface area contributed by atoms with Gasteiger partial charge in [-0.05, 0) is 54.6 Å². The van der Waals surface area contributed by atoms with E-state index < -0.39 is 94.4 Å². The Labute approximate surface area is 232 Å². The third-order valence-corrected chi connectivity index (χ3v) is 8.55. The number of carbonyl (C=O) groups excluding carboxylic acids is 2. The number of amides is 2. The van der Waals surface area contributed by atoms with Crippen LogP contribution in [0.5, 0.6) is 0 Å². The zero-order valence-corrected chi connectivity index (χ0v) is 23.0. The second kappa shape index (κ2) is 10.8. The van der Waals surface area contributed by atoms with Gasteiger partial charge in [-0.3, -0.25) is 27.8 Å². The molecule has 0 radical (unpaired) electrons. The first-order chi connectivity index (χ1) is 18.6. The lowest BCUT2D eigenvalue weighted by Gasteiger charge is -2.13. The van der Waals surface area contributed by atoms with Crippen LogP contribution in [0.1, 0.15) is 20.7 Å². The summed E-state index contributed by atoms with van der Waals surface area (Å²) >= 11 is 0. The molecular formula is C20H17N3O14S4. The zero-order valence-electron chi connectivity index (χ0n) is 19.8. The molecule has 3 aromatic rings. The summed E-state index contributed by atoms with van der Waals surface area (Å²) in [6.45, 7) is 0. The predicted molar refractivity (Wildman–Crippen MR) is 139 cm³/mol. The van der Waals surface area contributed by atoms with Gasteiger partial charge in [0.05, 0.1) is 21.2 Å². The Hall–Kier alpha value is -3.96. The highest BCUT2D eigenvalue weighted by atomic mass is 32.2. The summed E-state index contributed by atoms with van der Waals surface area (Å²) in [4.78, 5) is 22.1. The van der Waals surface area contributed by atoms with Crippen LogP contribution in [0.4, 0.5) is 17.1 Å². The molecule has 2 amide bonds. The van der Waals surface area contributed by atoms with Crippen LogP contribution in [-0.2, 0) is 40.5 Å². The molecule has 0 spiro atoms. The molecule has 0 saturated carbocycles. The van der Waals surface area contributed by atoms with Gasteiger partial charge in [-0.2, -0.15) is 33.7 Å². The first-order valence-electron chi connectivity index (χ1n) is 10.3. The summed E-state index contributed by atoms with van der Waals surface area (Å²) in [6, 6.07) is 6.29. The highest BCUT2D eigenvalue weighted by Crippen LogP contribution is 2.28. The molecule has 0 aliphatic rings. The van der Waals surface area contributed by atoms with Crippen molar-refractivity contribution in [2.45, 2.75) is 19.6 Å². The summed E-state index contributed by atoms with van der Waals surface area (Å²) in [5.74, 6) is -2.42. The molecule has 0 aromatic heterocycles. The quantitative estimate of drug-likeness (QED) is 0.131. The number of rotatable bonds is 8. The minimum absolute atomic E-state index is 0.258. The highest BCUT2D eigenvalue weighted by Gasteiger charge is 2.24. The third-order valence-electron chi connectivity index (χ3n) is 5.03. The van der Waals surface area contributed by atoms with Gasteiger partial charge >= 0.3 is 0 Å². The molecule has 8 N–H and O–H groups in total. The van der Waals surface area contributed by atoms with Gasteiger partial charge in [0.25, 0.3) is 52.3 Å². The Balaban J connectivity index is 2.04. The van der Waals surface area contributed by atoms with E-state index in [0.717, 1.165) is 18.2 Å². The summed E-state index contributed by atoms with van der Waals surface area (Å²) in [5, 5.41) is 3.99. The average Bonchev–Trinajstić information content (AvgIpc) is 2.81. The van der Waals surface area contributed by atoms with E-state index in [1.807, 2.05) is 10.6 Å². The minimum atomic E-state index is -5.03. The summed E-state index contributed by atoms with van der Waals surface area (Å²) in [6.07, 6.45) is 0. The maximum absolute atomic E-state index is 12.9. The molecule has 0 aliphatic heterocycles. The average molecular weight is 652 g/mol. The predicted octanol–water partition coefficient (Wildman–Crippen LogP) is 0.760. The van der Waals surface area contributed by atoms with Crippen molar-refractivity contribution in [1.29, 1.82) is 0 Å². The highest BCUT2D eigenvalue weighted by molar-refractivity contribution is 7.87. The van der Waals surface area contributed by atoms with E-state index in [1.54, 1.807) is 0 Å². The van der Waals surface area contributed by atoms with Crippen LogP contribution in [0, 0.1) is 0 Å². The fraction of sp³-hybridized carbons (Fsp3) is 0. The number of nitrogens with one attached hydrogen (secondary N) is 2. The molecule has 41 heavy (non-hydrogen) atoms. The molecule has 220 valence electrons. The smallest absolute Gasteiger partial charge is 0.296 e. The van der Waals surface area contributed by atoms with E-state index in [4.69, 9.17) is 5.73 Å².